The Labute approximate surface area is 196 Å². The number of alkyl halides is 3. The number of hydrogen-bond acceptors (Lipinski definition) is 5. The van der Waals surface area contributed by atoms with Crippen LogP contribution in [0, 0.1) is 35.5 Å². The molecule has 0 aromatic heterocycles. The molecule has 0 heterocycles. The molecule has 7 atom stereocenters. The molecular weight excluding hydrogens is 473 g/mol. The zero-order valence-electron chi connectivity index (χ0n) is 18.9. The quantitative estimate of drug-likeness (QED) is 0.321. The van der Waals surface area contributed by atoms with Gasteiger partial charge in [-0.1, -0.05) is 6.92 Å². The van der Waals surface area contributed by atoms with Gasteiger partial charge in [-0.25, -0.2) is 4.79 Å². The number of rotatable bonds is 7. The molecule has 1 aromatic rings. The third-order valence-electron chi connectivity index (χ3n) is 8.90. The molecular formula is C24H29F3O6S. The van der Waals surface area contributed by atoms with Gasteiger partial charge in [0.2, 0.25) is 0 Å². The van der Waals surface area contributed by atoms with E-state index in [0.717, 1.165) is 37.0 Å². The molecule has 0 saturated heterocycles. The molecule has 4 aliphatic rings. The maximum absolute atomic E-state index is 13.9. The molecule has 4 fully saturated rings. The zero-order chi connectivity index (χ0) is 24.5. The highest BCUT2D eigenvalue weighted by atomic mass is 32.2. The number of fused-ring (bicyclic) bond motifs is 9. The molecule has 0 aliphatic heterocycles. The summed E-state index contributed by atoms with van der Waals surface area (Å²) in [6.45, 7) is 1.35. The van der Waals surface area contributed by atoms with E-state index in [-0.39, 0.29) is 17.2 Å². The lowest BCUT2D eigenvalue weighted by molar-refractivity contribution is -0.141. The predicted molar refractivity (Wildman–Crippen MR) is 116 cm³/mol. The van der Waals surface area contributed by atoms with E-state index in [2.05, 4.69) is 0 Å². The molecule has 1 aromatic carbocycles. The number of benzene rings is 1. The smallest absolute Gasteiger partial charge is 0.419 e. The maximum Gasteiger partial charge on any atom is 0.419 e. The number of esters is 1. The second-order valence-corrected chi connectivity index (χ2v) is 12.0. The first-order chi connectivity index (χ1) is 15.9. The van der Waals surface area contributed by atoms with Crippen LogP contribution < -0.4 is 4.74 Å². The fourth-order valence-electron chi connectivity index (χ4n) is 7.80. The van der Waals surface area contributed by atoms with Gasteiger partial charge in [-0.2, -0.15) is 21.6 Å². The van der Waals surface area contributed by atoms with Gasteiger partial charge in [-0.05, 0) is 86.3 Å². The first-order valence-electron chi connectivity index (χ1n) is 11.9. The van der Waals surface area contributed by atoms with Gasteiger partial charge in [-0.3, -0.25) is 4.55 Å². The number of carbonyl (C=O) groups is 1. The Hall–Kier alpha value is -1.81. The fourth-order valence-corrected chi connectivity index (χ4v) is 8.10. The Bertz CT molecular complexity index is 1090. The van der Waals surface area contributed by atoms with Gasteiger partial charge >= 0.3 is 12.1 Å². The molecule has 188 valence electrons. The van der Waals surface area contributed by atoms with Crippen molar-refractivity contribution in [2.45, 2.75) is 57.2 Å². The normalized spacial score (nSPS) is 36.0. The molecule has 4 saturated carbocycles. The second kappa shape index (κ2) is 8.11. The summed E-state index contributed by atoms with van der Waals surface area (Å²) in [5, 5.41) is 0. The summed E-state index contributed by atoms with van der Waals surface area (Å²) in [5.74, 6) is 1.13. The molecule has 7 unspecified atom stereocenters. The van der Waals surface area contributed by atoms with E-state index >= 15 is 0 Å². The van der Waals surface area contributed by atoms with Crippen molar-refractivity contribution < 1.29 is 40.4 Å². The second-order valence-electron chi connectivity index (χ2n) is 10.4. The van der Waals surface area contributed by atoms with Crippen molar-refractivity contribution in [3.8, 4) is 5.75 Å². The average molecular weight is 503 g/mol. The van der Waals surface area contributed by atoms with E-state index in [1.165, 1.54) is 19.3 Å². The summed E-state index contributed by atoms with van der Waals surface area (Å²) in [4.78, 5) is 12.4. The molecule has 34 heavy (non-hydrogen) atoms. The van der Waals surface area contributed by atoms with E-state index < -0.39 is 45.8 Å². The van der Waals surface area contributed by atoms with Crippen molar-refractivity contribution in [3.05, 3.63) is 29.3 Å². The standard InChI is InChI=1S/C24H29F3O6S/c1-2-23(12-16-10-18(23)21-14-4-3-13(9-14)20(16)21)33-19-11-15(5-6-17(19)24(25,26)27)22(28)32-7-8-34(29,30)31/h5-6,11,13-14,16,18,20-21H,2-4,7-10,12H2,1H3,(H,29,30,31). The highest BCUT2D eigenvalue weighted by Crippen LogP contribution is 2.70. The van der Waals surface area contributed by atoms with Gasteiger partial charge in [-0.15, -0.1) is 0 Å². The highest BCUT2D eigenvalue weighted by molar-refractivity contribution is 7.85. The summed E-state index contributed by atoms with van der Waals surface area (Å²) in [5.41, 5.74) is -1.79. The van der Waals surface area contributed by atoms with E-state index in [4.69, 9.17) is 14.0 Å². The third kappa shape index (κ3) is 4.00. The van der Waals surface area contributed by atoms with Gasteiger partial charge in [0.1, 0.15) is 23.7 Å². The maximum atomic E-state index is 13.9. The van der Waals surface area contributed by atoms with Crippen molar-refractivity contribution in [2.75, 3.05) is 12.4 Å². The fraction of sp³-hybridized carbons (Fsp3) is 0.708. The van der Waals surface area contributed by atoms with Crippen molar-refractivity contribution >= 4 is 16.1 Å². The average Bonchev–Trinajstić information content (AvgIpc) is 3.51. The molecule has 10 heteroatoms. The van der Waals surface area contributed by atoms with E-state index in [9.17, 15) is 26.4 Å². The molecule has 4 bridgehead atoms. The molecule has 5 rings (SSSR count). The highest BCUT2D eigenvalue weighted by Gasteiger charge is 2.67. The largest absolute Gasteiger partial charge is 0.486 e. The summed E-state index contributed by atoms with van der Waals surface area (Å²) in [6.07, 6.45) is 1.37. The SMILES string of the molecule is CCC1(Oc2cc(C(=O)OCCS(=O)(=O)O)ccc2C(F)(F)F)CC2CC1C1C3CCC(C3)C21. The molecule has 6 nitrogen and oxygen atoms in total. The van der Waals surface area contributed by atoms with Crippen LogP contribution in [0.3, 0.4) is 0 Å². The number of ether oxygens (including phenoxy) is 2. The minimum atomic E-state index is -4.66. The van der Waals surface area contributed by atoms with Gasteiger partial charge in [0.15, 0.2) is 0 Å². The van der Waals surface area contributed by atoms with Crippen molar-refractivity contribution in [1.82, 2.24) is 0 Å². The Balaban J connectivity index is 1.42. The Morgan fingerprint density at radius 3 is 2.50 bits per heavy atom. The summed E-state index contributed by atoms with van der Waals surface area (Å²) in [7, 11) is -4.33. The monoisotopic (exact) mass is 502 g/mol. The van der Waals surface area contributed by atoms with E-state index in [1.54, 1.807) is 0 Å². The molecule has 0 amide bonds. The first-order valence-corrected chi connectivity index (χ1v) is 13.6. The molecule has 4 aliphatic carbocycles. The lowest BCUT2D eigenvalue weighted by atomic mass is 9.65. The van der Waals surface area contributed by atoms with Gasteiger partial charge in [0, 0.05) is 5.92 Å². The van der Waals surface area contributed by atoms with Crippen molar-refractivity contribution in [3.63, 3.8) is 0 Å². The van der Waals surface area contributed by atoms with Crippen LogP contribution in [0.4, 0.5) is 13.2 Å². The first kappa shape index (κ1) is 23.9. The van der Waals surface area contributed by atoms with Crippen LogP contribution in [0.5, 0.6) is 5.75 Å². The topological polar surface area (TPSA) is 89.9 Å². The van der Waals surface area contributed by atoms with Crippen molar-refractivity contribution in [2.24, 2.45) is 35.5 Å². The molecule has 0 spiro atoms. The summed E-state index contributed by atoms with van der Waals surface area (Å²) < 4.78 is 83.1. The number of carbonyl (C=O) groups excluding carboxylic acids is 1. The summed E-state index contributed by atoms with van der Waals surface area (Å²) in [6, 6.07) is 2.86. The third-order valence-corrected chi connectivity index (χ3v) is 9.59. The molecule has 0 radical (unpaired) electrons. The molecule has 1 N–H and O–H groups in total. The summed E-state index contributed by atoms with van der Waals surface area (Å²) >= 11 is 0. The minimum Gasteiger partial charge on any atom is -0.486 e. The Morgan fingerprint density at radius 1 is 1.15 bits per heavy atom. The van der Waals surface area contributed by atoms with Crippen LogP contribution in [0.2, 0.25) is 0 Å². The van der Waals surface area contributed by atoms with Crippen LogP contribution in [0.1, 0.15) is 61.4 Å². The predicted octanol–water partition coefficient (Wildman–Crippen LogP) is 4.98. The van der Waals surface area contributed by atoms with Crippen LogP contribution in [-0.4, -0.2) is 36.9 Å². The van der Waals surface area contributed by atoms with Gasteiger partial charge in [0.05, 0.1) is 11.1 Å². The lowest BCUT2D eigenvalue weighted by Crippen LogP contribution is -2.48. The minimum absolute atomic E-state index is 0.162. The number of hydrogen-bond donors (Lipinski definition) is 1. The Morgan fingerprint density at radius 2 is 1.85 bits per heavy atom. The van der Waals surface area contributed by atoms with Crippen LogP contribution >= 0.6 is 0 Å². The van der Waals surface area contributed by atoms with Gasteiger partial charge in [0.25, 0.3) is 10.1 Å². The van der Waals surface area contributed by atoms with Crippen LogP contribution in [-0.2, 0) is 21.0 Å². The zero-order valence-corrected chi connectivity index (χ0v) is 19.7. The number of halogens is 3. The van der Waals surface area contributed by atoms with E-state index in [1.807, 2.05) is 6.92 Å². The van der Waals surface area contributed by atoms with Crippen LogP contribution in [0.25, 0.3) is 0 Å². The Kier molecular flexibility index (Phi) is 5.71. The van der Waals surface area contributed by atoms with E-state index in [0.29, 0.717) is 30.1 Å². The van der Waals surface area contributed by atoms with Gasteiger partial charge < -0.3 is 9.47 Å². The van der Waals surface area contributed by atoms with Crippen molar-refractivity contribution in [1.29, 1.82) is 0 Å². The lowest BCUT2D eigenvalue weighted by Gasteiger charge is -2.46. The van der Waals surface area contributed by atoms with Crippen LogP contribution in [0.15, 0.2) is 18.2 Å².